The number of nitrogens with zero attached hydrogens (tertiary/aromatic N) is 1. The lowest BCUT2D eigenvalue weighted by atomic mass is 9.86. The minimum absolute atomic E-state index is 0.249. The zero-order valence-corrected chi connectivity index (χ0v) is 12.9. The van der Waals surface area contributed by atoms with Crippen molar-refractivity contribution in [1.29, 1.82) is 5.26 Å². The molecule has 6 heteroatoms. The van der Waals surface area contributed by atoms with Gasteiger partial charge in [-0.25, -0.2) is 4.79 Å². The van der Waals surface area contributed by atoms with Crippen molar-refractivity contribution in [3.05, 3.63) is 59.7 Å². The van der Waals surface area contributed by atoms with Crippen LogP contribution in [0.4, 0.5) is 4.79 Å². The number of aliphatic hydroxyl groups excluding tert-OH is 1. The zero-order valence-electron chi connectivity index (χ0n) is 12.9. The molecule has 1 aliphatic heterocycles. The van der Waals surface area contributed by atoms with Gasteiger partial charge >= 0.3 is 6.03 Å². The van der Waals surface area contributed by atoms with Gasteiger partial charge in [0.1, 0.15) is 11.6 Å². The van der Waals surface area contributed by atoms with Crippen molar-refractivity contribution in [2.45, 2.75) is 18.6 Å². The Morgan fingerprint density at radius 2 is 1.83 bits per heavy atom. The van der Waals surface area contributed by atoms with E-state index in [0.717, 1.165) is 11.1 Å². The summed E-state index contributed by atoms with van der Waals surface area (Å²) in [6, 6.07) is 15.9. The van der Waals surface area contributed by atoms with E-state index < -0.39 is 23.6 Å². The number of aliphatic hydroxyl groups is 1. The Balaban J connectivity index is 2.02. The molecule has 24 heavy (non-hydrogen) atoms. The Morgan fingerprint density at radius 1 is 1.12 bits per heavy atom. The minimum Gasteiger partial charge on any atom is -0.385 e. The maximum Gasteiger partial charge on any atom is 0.322 e. The van der Waals surface area contributed by atoms with Gasteiger partial charge in [-0.3, -0.25) is 10.1 Å². The van der Waals surface area contributed by atoms with E-state index in [1.807, 2.05) is 36.4 Å². The molecule has 2 unspecified atom stereocenters. The molecule has 1 heterocycles. The molecule has 0 bridgehead atoms. The lowest BCUT2D eigenvalue weighted by Crippen LogP contribution is -2.49. The predicted molar refractivity (Wildman–Crippen MR) is 86.6 cm³/mol. The Hall–Kier alpha value is -3.17. The molecule has 3 amide bonds. The fourth-order valence-corrected chi connectivity index (χ4v) is 2.76. The van der Waals surface area contributed by atoms with Crippen LogP contribution >= 0.6 is 0 Å². The lowest BCUT2D eigenvalue weighted by molar-refractivity contribution is -0.127. The third-order valence-corrected chi connectivity index (χ3v) is 4.19. The van der Waals surface area contributed by atoms with Crippen molar-refractivity contribution < 1.29 is 14.7 Å². The highest BCUT2D eigenvalue weighted by molar-refractivity contribution is 6.07. The highest BCUT2D eigenvalue weighted by Gasteiger charge is 2.48. The third kappa shape index (κ3) is 2.51. The van der Waals surface area contributed by atoms with Gasteiger partial charge in [0.25, 0.3) is 5.91 Å². The van der Waals surface area contributed by atoms with Crippen molar-refractivity contribution in [3.63, 3.8) is 0 Å². The zero-order chi connectivity index (χ0) is 17.3. The summed E-state index contributed by atoms with van der Waals surface area (Å²) in [7, 11) is 0. The van der Waals surface area contributed by atoms with E-state index in [9.17, 15) is 20.0 Å². The van der Waals surface area contributed by atoms with Crippen LogP contribution in [0.1, 0.15) is 24.2 Å². The molecule has 120 valence electrons. The number of amides is 3. The van der Waals surface area contributed by atoms with Gasteiger partial charge in [0.05, 0.1) is 11.6 Å². The fourth-order valence-electron chi connectivity index (χ4n) is 2.76. The summed E-state index contributed by atoms with van der Waals surface area (Å²) in [5.41, 5.74) is 0.786. The van der Waals surface area contributed by atoms with Gasteiger partial charge in [0.2, 0.25) is 0 Å². The number of urea groups is 1. The van der Waals surface area contributed by atoms with E-state index in [2.05, 4.69) is 10.6 Å². The standard InChI is InChI=1S/C18H15N3O3/c1-18(16(23)20-17(24)21-18)15(22)14-8-7-12(9-13(14)10-19)11-5-3-2-4-6-11/h2-9,15,22H,1H3,(H2,20,21,23,24). The summed E-state index contributed by atoms with van der Waals surface area (Å²) in [4.78, 5) is 23.4. The first-order valence-corrected chi connectivity index (χ1v) is 7.37. The van der Waals surface area contributed by atoms with Crippen LogP contribution < -0.4 is 10.6 Å². The first-order valence-electron chi connectivity index (χ1n) is 7.37. The number of nitrogens with one attached hydrogen (secondary N) is 2. The topological polar surface area (TPSA) is 102 Å². The molecule has 1 aliphatic rings. The number of carbonyl (C=O) groups excluding carboxylic acids is 2. The molecule has 0 radical (unpaired) electrons. The van der Waals surface area contributed by atoms with Gasteiger partial charge in [-0.05, 0) is 24.1 Å². The summed E-state index contributed by atoms with van der Waals surface area (Å²) in [5, 5.41) is 24.6. The van der Waals surface area contributed by atoms with Gasteiger partial charge in [-0.2, -0.15) is 5.26 Å². The molecule has 0 spiro atoms. The van der Waals surface area contributed by atoms with Crippen molar-refractivity contribution in [2.24, 2.45) is 0 Å². The summed E-state index contributed by atoms with van der Waals surface area (Å²) >= 11 is 0. The molecule has 3 rings (SSSR count). The highest BCUT2D eigenvalue weighted by atomic mass is 16.3. The van der Waals surface area contributed by atoms with Crippen molar-refractivity contribution in [3.8, 4) is 17.2 Å². The quantitative estimate of drug-likeness (QED) is 0.751. The van der Waals surface area contributed by atoms with Gasteiger partial charge in [-0.1, -0.05) is 42.5 Å². The minimum atomic E-state index is -1.52. The predicted octanol–water partition coefficient (Wildman–Crippen LogP) is 1.86. The average molecular weight is 321 g/mol. The van der Waals surface area contributed by atoms with Gasteiger partial charge in [0, 0.05) is 5.56 Å². The summed E-state index contributed by atoms with van der Waals surface area (Å²) in [6.07, 6.45) is -1.34. The smallest absolute Gasteiger partial charge is 0.322 e. The number of imide groups is 1. The molecular weight excluding hydrogens is 306 g/mol. The molecule has 1 saturated heterocycles. The molecule has 0 aromatic heterocycles. The maximum atomic E-state index is 12.0. The number of hydrogen-bond donors (Lipinski definition) is 3. The Morgan fingerprint density at radius 3 is 2.42 bits per heavy atom. The molecule has 2 aromatic carbocycles. The Bertz CT molecular complexity index is 858. The molecule has 2 aromatic rings. The number of benzene rings is 2. The van der Waals surface area contributed by atoms with Gasteiger partial charge in [-0.15, -0.1) is 0 Å². The monoisotopic (exact) mass is 321 g/mol. The Kier molecular flexibility index (Phi) is 3.80. The van der Waals surface area contributed by atoms with Crippen molar-refractivity contribution in [1.82, 2.24) is 10.6 Å². The molecule has 0 aliphatic carbocycles. The lowest BCUT2D eigenvalue weighted by Gasteiger charge is -2.28. The van der Waals surface area contributed by atoms with Crippen LogP contribution in [0.15, 0.2) is 48.5 Å². The second kappa shape index (κ2) is 5.80. The van der Waals surface area contributed by atoms with E-state index in [1.165, 1.54) is 6.92 Å². The Labute approximate surface area is 138 Å². The van der Waals surface area contributed by atoms with Crippen LogP contribution in [0.3, 0.4) is 0 Å². The largest absolute Gasteiger partial charge is 0.385 e. The van der Waals surface area contributed by atoms with E-state index in [0.29, 0.717) is 0 Å². The van der Waals surface area contributed by atoms with E-state index >= 15 is 0 Å². The number of rotatable bonds is 3. The van der Waals surface area contributed by atoms with Crippen LogP contribution in [0.5, 0.6) is 0 Å². The van der Waals surface area contributed by atoms with E-state index in [4.69, 9.17) is 0 Å². The fraction of sp³-hybridized carbons (Fsp3) is 0.167. The molecule has 3 N–H and O–H groups in total. The second-order valence-corrected chi connectivity index (χ2v) is 5.79. The van der Waals surface area contributed by atoms with E-state index in [1.54, 1.807) is 18.2 Å². The van der Waals surface area contributed by atoms with Crippen LogP contribution in [0, 0.1) is 11.3 Å². The van der Waals surface area contributed by atoms with Crippen LogP contribution in [0.2, 0.25) is 0 Å². The SMILES string of the molecule is CC1(C(O)c2ccc(-c3ccccc3)cc2C#N)NC(=O)NC1=O. The summed E-state index contributed by atoms with van der Waals surface area (Å²) in [6.45, 7) is 1.42. The first kappa shape index (κ1) is 15.7. The normalized spacial score (nSPS) is 20.9. The molecule has 1 fully saturated rings. The van der Waals surface area contributed by atoms with Crippen LogP contribution in [0.25, 0.3) is 11.1 Å². The average Bonchev–Trinajstić information content (AvgIpc) is 2.87. The van der Waals surface area contributed by atoms with Crippen LogP contribution in [-0.4, -0.2) is 22.6 Å². The van der Waals surface area contributed by atoms with Gasteiger partial charge < -0.3 is 10.4 Å². The molecule has 0 saturated carbocycles. The van der Waals surface area contributed by atoms with Gasteiger partial charge in [0.15, 0.2) is 0 Å². The molecule has 2 atom stereocenters. The highest BCUT2D eigenvalue weighted by Crippen LogP contribution is 2.32. The third-order valence-electron chi connectivity index (χ3n) is 4.19. The second-order valence-electron chi connectivity index (χ2n) is 5.79. The number of carbonyl (C=O) groups is 2. The summed E-state index contributed by atoms with van der Waals surface area (Å²) in [5.74, 6) is -0.629. The molecule has 6 nitrogen and oxygen atoms in total. The maximum absolute atomic E-state index is 12.0. The summed E-state index contributed by atoms with van der Waals surface area (Å²) < 4.78 is 0. The molecular formula is C18H15N3O3. The van der Waals surface area contributed by atoms with Crippen molar-refractivity contribution >= 4 is 11.9 Å². The number of nitriles is 1. The van der Waals surface area contributed by atoms with E-state index in [-0.39, 0.29) is 11.1 Å². The number of hydrogen-bond acceptors (Lipinski definition) is 4. The first-order chi connectivity index (χ1) is 11.5. The van der Waals surface area contributed by atoms with Crippen molar-refractivity contribution in [2.75, 3.05) is 0 Å². The van der Waals surface area contributed by atoms with Crippen LogP contribution in [-0.2, 0) is 4.79 Å².